The van der Waals surface area contributed by atoms with Crippen LogP contribution in [0.3, 0.4) is 0 Å². The van der Waals surface area contributed by atoms with Crippen molar-refractivity contribution in [2.24, 2.45) is 0 Å². The van der Waals surface area contributed by atoms with Gasteiger partial charge in [0.05, 0.1) is 32.8 Å². The van der Waals surface area contributed by atoms with Crippen molar-refractivity contribution in [3.05, 3.63) is 73.1 Å². The van der Waals surface area contributed by atoms with Gasteiger partial charge in [0.25, 0.3) is 0 Å². The molecule has 0 unspecified atom stereocenters. The highest BCUT2D eigenvalue weighted by Gasteiger charge is 2.14. The van der Waals surface area contributed by atoms with E-state index in [2.05, 4.69) is 86.3 Å². The third-order valence-corrected chi connectivity index (χ3v) is 8.74. The number of hydrogen-bond acceptors (Lipinski definition) is 8. The van der Waals surface area contributed by atoms with Gasteiger partial charge in [-0.2, -0.15) is 0 Å². The number of hydrogen-bond donors (Lipinski definition) is 3. The molecule has 0 saturated heterocycles. The zero-order chi connectivity index (χ0) is 23.9. The van der Waals surface area contributed by atoms with Crippen molar-refractivity contribution >= 4 is 61.6 Å². The highest BCUT2D eigenvalue weighted by atomic mass is 79.9. The van der Waals surface area contributed by atoms with Crippen LogP contribution >= 0.6 is 50.4 Å². The lowest BCUT2D eigenvalue weighted by Gasteiger charge is -2.19. The number of nitrogens with zero attached hydrogens (tertiary/aromatic N) is 1. The Morgan fingerprint density at radius 2 is 2.15 bits per heavy atom. The van der Waals surface area contributed by atoms with Gasteiger partial charge in [-0.25, -0.2) is 4.98 Å². The van der Waals surface area contributed by atoms with Crippen molar-refractivity contribution in [3.8, 4) is 5.75 Å². The van der Waals surface area contributed by atoms with Crippen LogP contribution in [0.25, 0.3) is 5.57 Å². The third kappa shape index (κ3) is 6.46. The number of rotatable bonds is 12. The molecular formula is C25H29BrN4OS3. The molecule has 2 aromatic heterocycles. The van der Waals surface area contributed by atoms with Crippen LogP contribution in [0.5, 0.6) is 5.75 Å². The highest BCUT2D eigenvalue weighted by molar-refractivity contribution is 9.10. The smallest absolute Gasteiger partial charge is 0.138 e. The standard InChI is InChI=1S/C25H29BrN4OS3/c1-16-11-23(30-21-6-10-33-25(16)21)28-8-4-7-27-14-18-12-19(32-3)13-20(26)24(18)31-9-5-22-17(2)29-15-34-22/h6,10-13,15,27-28,30H,1,4-5,7-9,14H2,2-3H3. The molecule has 180 valence electrons. The van der Waals surface area contributed by atoms with Crippen LogP contribution < -0.4 is 20.7 Å². The molecule has 3 aromatic rings. The van der Waals surface area contributed by atoms with Crippen molar-refractivity contribution in [3.63, 3.8) is 0 Å². The number of thiophene rings is 1. The fraction of sp³-hybridized carbons (Fsp3) is 0.320. The molecule has 0 amide bonds. The van der Waals surface area contributed by atoms with E-state index in [1.807, 2.05) is 5.51 Å². The van der Waals surface area contributed by atoms with E-state index in [0.29, 0.717) is 6.61 Å². The summed E-state index contributed by atoms with van der Waals surface area (Å²) in [5.74, 6) is 1.94. The quantitative estimate of drug-likeness (QED) is 0.165. The van der Waals surface area contributed by atoms with E-state index in [4.69, 9.17) is 4.74 Å². The van der Waals surface area contributed by atoms with E-state index in [1.165, 1.54) is 20.2 Å². The van der Waals surface area contributed by atoms with Gasteiger partial charge in [-0.15, -0.1) is 34.4 Å². The van der Waals surface area contributed by atoms with Crippen LogP contribution in [-0.2, 0) is 13.0 Å². The Kier molecular flexibility index (Phi) is 9.13. The summed E-state index contributed by atoms with van der Waals surface area (Å²) >= 11 is 8.86. The number of benzene rings is 1. The minimum Gasteiger partial charge on any atom is -0.492 e. The summed E-state index contributed by atoms with van der Waals surface area (Å²) < 4.78 is 7.23. The molecule has 4 rings (SSSR count). The lowest BCUT2D eigenvalue weighted by molar-refractivity contribution is 0.316. The number of anilines is 1. The van der Waals surface area contributed by atoms with Crippen LogP contribution in [0.4, 0.5) is 5.69 Å². The third-order valence-electron chi connectivity index (χ3n) is 5.46. The Morgan fingerprint density at radius 3 is 2.94 bits per heavy atom. The Morgan fingerprint density at radius 1 is 1.26 bits per heavy atom. The maximum absolute atomic E-state index is 6.23. The van der Waals surface area contributed by atoms with Gasteiger partial charge >= 0.3 is 0 Å². The first-order valence-electron chi connectivity index (χ1n) is 11.1. The Bertz CT molecular complexity index is 1170. The molecule has 1 aliphatic heterocycles. The van der Waals surface area contributed by atoms with Gasteiger partial charge in [0.1, 0.15) is 11.6 Å². The summed E-state index contributed by atoms with van der Waals surface area (Å²) in [6, 6.07) is 6.44. The second-order valence-corrected chi connectivity index (χ2v) is 11.5. The molecule has 9 heteroatoms. The number of aromatic nitrogens is 1. The van der Waals surface area contributed by atoms with Gasteiger partial charge in [-0.05, 0) is 77.3 Å². The second-order valence-electron chi connectivity index (χ2n) is 7.89. The monoisotopic (exact) mass is 576 g/mol. The molecule has 0 aliphatic carbocycles. The number of nitrogens with one attached hydrogen (secondary N) is 3. The number of thioether (sulfide) groups is 1. The number of halogens is 1. The molecule has 0 radical (unpaired) electrons. The summed E-state index contributed by atoms with van der Waals surface area (Å²) in [5.41, 5.74) is 6.36. The van der Waals surface area contributed by atoms with Crippen LogP contribution in [0.15, 0.2) is 56.9 Å². The highest BCUT2D eigenvalue weighted by Crippen LogP contribution is 2.35. The van der Waals surface area contributed by atoms with E-state index < -0.39 is 0 Å². The van der Waals surface area contributed by atoms with Crippen molar-refractivity contribution < 1.29 is 4.74 Å². The molecule has 3 N–H and O–H groups in total. The van der Waals surface area contributed by atoms with E-state index in [-0.39, 0.29) is 0 Å². The lowest BCUT2D eigenvalue weighted by atomic mass is 10.1. The molecule has 1 aromatic carbocycles. The molecule has 5 nitrogen and oxygen atoms in total. The number of ether oxygens (including phenoxy) is 1. The van der Waals surface area contributed by atoms with E-state index in [1.54, 1.807) is 34.4 Å². The summed E-state index contributed by atoms with van der Waals surface area (Å²) in [6.07, 6.45) is 6.05. The zero-order valence-electron chi connectivity index (χ0n) is 19.4. The van der Waals surface area contributed by atoms with Gasteiger partial charge in [0, 0.05) is 34.8 Å². The number of thiazole rings is 1. The summed E-state index contributed by atoms with van der Waals surface area (Å²) in [6.45, 7) is 9.40. The largest absolute Gasteiger partial charge is 0.492 e. The average molecular weight is 578 g/mol. The maximum atomic E-state index is 6.23. The maximum Gasteiger partial charge on any atom is 0.138 e. The normalized spacial score (nSPS) is 12.8. The predicted octanol–water partition coefficient (Wildman–Crippen LogP) is 6.67. The first-order chi connectivity index (χ1) is 16.5. The molecule has 0 fully saturated rings. The first-order valence-corrected chi connectivity index (χ1v) is 14.9. The fourth-order valence-corrected chi connectivity index (χ4v) is 6.50. The number of aryl methyl sites for hydroxylation is 1. The number of allylic oxidation sites excluding steroid dienone is 2. The molecular weight excluding hydrogens is 548 g/mol. The lowest BCUT2D eigenvalue weighted by Crippen LogP contribution is -2.25. The summed E-state index contributed by atoms with van der Waals surface area (Å²) in [4.78, 5) is 8.05. The number of fused-ring (bicyclic) bond motifs is 1. The first kappa shape index (κ1) is 25.3. The minimum atomic E-state index is 0.635. The average Bonchev–Trinajstić information content (AvgIpc) is 3.46. The van der Waals surface area contributed by atoms with Crippen LogP contribution in [0.1, 0.15) is 27.4 Å². The fourth-order valence-electron chi connectivity index (χ4n) is 3.68. The SMILES string of the molecule is C=C1C=C(NCCCNCc2cc(SC)cc(Br)c2OCCc2scnc2C)Nc2ccsc21. The van der Waals surface area contributed by atoms with Crippen molar-refractivity contribution in [1.29, 1.82) is 0 Å². The predicted molar refractivity (Wildman–Crippen MR) is 151 cm³/mol. The minimum absolute atomic E-state index is 0.635. The van der Waals surface area contributed by atoms with Crippen LogP contribution in [0, 0.1) is 6.92 Å². The van der Waals surface area contributed by atoms with Gasteiger partial charge in [0.15, 0.2) is 0 Å². The molecule has 0 spiro atoms. The van der Waals surface area contributed by atoms with Crippen molar-refractivity contribution in [1.82, 2.24) is 15.6 Å². The van der Waals surface area contributed by atoms with Gasteiger partial charge < -0.3 is 20.7 Å². The van der Waals surface area contributed by atoms with Gasteiger partial charge in [0.2, 0.25) is 0 Å². The van der Waals surface area contributed by atoms with E-state index in [0.717, 1.165) is 65.5 Å². The topological polar surface area (TPSA) is 58.2 Å². The molecule has 3 heterocycles. The second kappa shape index (κ2) is 12.3. The van der Waals surface area contributed by atoms with Gasteiger partial charge in [-0.1, -0.05) is 6.58 Å². The Hall–Kier alpha value is -1.78. The van der Waals surface area contributed by atoms with Gasteiger partial charge in [-0.3, -0.25) is 0 Å². The van der Waals surface area contributed by atoms with Crippen LogP contribution in [0.2, 0.25) is 0 Å². The molecule has 0 atom stereocenters. The Balaban J connectivity index is 1.25. The Labute approximate surface area is 222 Å². The van der Waals surface area contributed by atoms with Crippen molar-refractivity contribution in [2.75, 3.05) is 31.3 Å². The zero-order valence-corrected chi connectivity index (χ0v) is 23.4. The van der Waals surface area contributed by atoms with Crippen molar-refractivity contribution in [2.45, 2.75) is 31.2 Å². The molecule has 0 saturated carbocycles. The summed E-state index contributed by atoms with van der Waals surface area (Å²) in [7, 11) is 0. The van der Waals surface area contributed by atoms with E-state index >= 15 is 0 Å². The molecule has 34 heavy (non-hydrogen) atoms. The van der Waals surface area contributed by atoms with Crippen LogP contribution in [-0.4, -0.2) is 30.9 Å². The van der Waals surface area contributed by atoms with E-state index in [9.17, 15) is 0 Å². The molecule has 1 aliphatic rings. The molecule has 0 bridgehead atoms. The summed E-state index contributed by atoms with van der Waals surface area (Å²) in [5, 5.41) is 12.6.